The molecule has 12 heteroatoms. The van der Waals surface area contributed by atoms with Crippen LogP contribution in [0.1, 0.15) is 84.3 Å². The molecule has 1 saturated carbocycles. The Labute approximate surface area is 254 Å². The zero-order valence-electron chi connectivity index (χ0n) is 25.8. The molecule has 0 aliphatic heterocycles. The minimum atomic E-state index is -3.64. The van der Waals surface area contributed by atoms with Crippen LogP contribution in [0.2, 0.25) is 5.02 Å². The maximum atomic E-state index is 12.9. The Bertz CT molecular complexity index is 1500. The van der Waals surface area contributed by atoms with Crippen LogP contribution in [0.15, 0.2) is 29.6 Å². The maximum Gasteiger partial charge on any atom is 0.229 e. The van der Waals surface area contributed by atoms with E-state index in [2.05, 4.69) is 63.9 Å². The molecule has 0 amide bonds. The average molecular weight is 618 g/mol. The third kappa shape index (κ3) is 7.54. The van der Waals surface area contributed by atoms with Gasteiger partial charge in [0.2, 0.25) is 20.8 Å². The van der Waals surface area contributed by atoms with Crippen molar-refractivity contribution in [1.82, 2.24) is 25.1 Å². The van der Waals surface area contributed by atoms with Crippen LogP contribution < -0.4 is 20.7 Å². The molecule has 3 N–H and O–H groups in total. The normalized spacial score (nSPS) is 17.7. The predicted molar refractivity (Wildman–Crippen MR) is 169 cm³/mol. The van der Waals surface area contributed by atoms with Crippen molar-refractivity contribution in [1.29, 1.82) is 0 Å². The van der Waals surface area contributed by atoms with Crippen LogP contribution in [0.5, 0.6) is 5.75 Å². The third-order valence-electron chi connectivity index (χ3n) is 7.40. The lowest BCUT2D eigenvalue weighted by Crippen LogP contribution is -2.37. The third-order valence-corrected chi connectivity index (χ3v) is 9.75. The first-order valence-corrected chi connectivity index (χ1v) is 16.6. The standard InChI is InChI=1S/C30H44ClN7O3S/c1-17(2)33-22-11-9-21(10-12-22)23-14-27(41-18(3)4)25(13-20(23)7)35-30-32-15-24(31)28(36-30)34-26-16-38(8)37-29(26)42(39,40)19(5)6/h13-19,21-22,33H,9-12H2,1-8H3,(H2,32,34,35,36). The molecule has 1 fully saturated rings. The fourth-order valence-electron chi connectivity index (χ4n) is 5.39. The number of nitrogens with one attached hydrogen (secondary N) is 3. The van der Waals surface area contributed by atoms with Gasteiger partial charge in [-0.1, -0.05) is 25.4 Å². The zero-order valence-corrected chi connectivity index (χ0v) is 27.4. The molecule has 0 spiro atoms. The Morgan fingerprint density at radius 1 is 1.02 bits per heavy atom. The average Bonchev–Trinajstić information content (AvgIpc) is 3.28. The summed E-state index contributed by atoms with van der Waals surface area (Å²) in [6.07, 6.45) is 7.63. The van der Waals surface area contributed by atoms with Crippen molar-refractivity contribution in [3.63, 3.8) is 0 Å². The molecule has 1 aromatic carbocycles. The molecule has 0 unspecified atom stereocenters. The highest BCUT2D eigenvalue weighted by Gasteiger charge is 2.28. The number of aryl methyl sites for hydroxylation is 2. The number of hydrogen-bond acceptors (Lipinski definition) is 9. The second-order valence-electron chi connectivity index (χ2n) is 12.0. The van der Waals surface area contributed by atoms with Crippen molar-refractivity contribution in [2.45, 2.75) is 109 Å². The Hall–Kier alpha value is -2.89. The minimum absolute atomic E-state index is 0.0256. The van der Waals surface area contributed by atoms with E-state index >= 15 is 0 Å². The van der Waals surface area contributed by atoms with Gasteiger partial charge in [0.05, 0.1) is 28.9 Å². The molecule has 0 atom stereocenters. The highest BCUT2D eigenvalue weighted by atomic mass is 35.5. The van der Waals surface area contributed by atoms with Crippen molar-refractivity contribution in [3.8, 4) is 5.75 Å². The fraction of sp³-hybridized carbons (Fsp3) is 0.567. The summed E-state index contributed by atoms with van der Waals surface area (Å²) in [4.78, 5) is 8.95. The van der Waals surface area contributed by atoms with Crippen LogP contribution in [-0.4, -0.2) is 51.6 Å². The van der Waals surface area contributed by atoms with E-state index in [1.165, 1.54) is 22.0 Å². The minimum Gasteiger partial charge on any atom is -0.489 e. The first-order chi connectivity index (χ1) is 19.7. The smallest absolute Gasteiger partial charge is 0.229 e. The molecule has 1 aliphatic rings. The van der Waals surface area contributed by atoms with Crippen LogP contribution in [0.4, 0.5) is 23.1 Å². The molecular weight excluding hydrogens is 574 g/mol. The molecule has 4 rings (SSSR count). The van der Waals surface area contributed by atoms with Gasteiger partial charge in [0.15, 0.2) is 5.82 Å². The van der Waals surface area contributed by atoms with Crippen molar-refractivity contribution in [2.75, 3.05) is 10.6 Å². The number of nitrogens with zero attached hydrogens (tertiary/aromatic N) is 4. The molecule has 0 bridgehead atoms. The first kappa shape index (κ1) is 32.0. The zero-order chi connectivity index (χ0) is 30.8. The largest absolute Gasteiger partial charge is 0.489 e. The summed E-state index contributed by atoms with van der Waals surface area (Å²) in [6.45, 7) is 13.8. The van der Waals surface area contributed by atoms with Crippen LogP contribution in [-0.2, 0) is 16.9 Å². The number of sulfone groups is 1. The Kier molecular flexibility index (Phi) is 10.1. The lowest BCUT2D eigenvalue weighted by molar-refractivity contribution is 0.243. The number of hydrogen-bond donors (Lipinski definition) is 3. The first-order valence-electron chi connectivity index (χ1n) is 14.7. The molecular formula is C30H44ClN7O3S. The number of ether oxygens (including phenoxy) is 1. The van der Waals surface area contributed by atoms with Crippen LogP contribution in [0, 0.1) is 6.92 Å². The van der Waals surface area contributed by atoms with Crippen molar-refractivity contribution < 1.29 is 13.2 Å². The van der Waals surface area contributed by atoms with E-state index in [-0.39, 0.29) is 22.0 Å². The summed E-state index contributed by atoms with van der Waals surface area (Å²) in [7, 11) is -1.98. The number of benzene rings is 1. The molecule has 0 radical (unpaired) electrons. The van der Waals surface area contributed by atoms with Crippen LogP contribution in [0.3, 0.4) is 0 Å². The maximum absolute atomic E-state index is 12.9. The van der Waals surface area contributed by atoms with E-state index in [4.69, 9.17) is 16.3 Å². The molecule has 42 heavy (non-hydrogen) atoms. The van der Waals surface area contributed by atoms with Crippen molar-refractivity contribution in [2.24, 2.45) is 7.05 Å². The molecule has 1 aliphatic carbocycles. The lowest BCUT2D eigenvalue weighted by Gasteiger charge is -2.32. The lowest BCUT2D eigenvalue weighted by atomic mass is 9.80. The second-order valence-corrected chi connectivity index (χ2v) is 14.8. The molecule has 2 aromatic heterocycles. The summed E-state index contributed by atoms with van der Waals surface area (Å²) in [5.41, 5.74) is 3.53. The van der Waals surface area contributed by atoms with E-state index < -0.39 is 15.1 Å². The van der Waals surface area contributed by atoms with E-state index in [0.717, 1.165) is 37.1 Å². The van der Waals surface area contributed by atoms with Gasteiger partial charge in [0.25, 0.3) is 0 Å². The van der Waals surface area contributed by atoms with Gasteiger partial charge in [-0.25, -0.2) is 13.4 Å². The Morgan fingerprint density at radius 3 is 2.33 bits per heavy atom. The van der Waals surface area contributed by atoms with Gasteiger partial charge >= 0.3 is 0 Å². The highest BCUT2D eigenvalue weighted by molar-refractivity contribution is 7.92. The van der Waals surface area contributed by atoms with Gasteiger partial charge in [-0.05, 0) is 89.5 Å². The van der Waals surface area contributed by atoms with E-state index in [1.807, 2.05) is 13.8 Å². The molecule has 10 nitrogen and oxygen atoms in total. The Morgan fingerprint density at radius 2 is 1.71 bits per heavy atom. The summed E-state index contributed by atoms with van der Waals surface area (Å²) in [5, 5.41) is 13.8. The summed E-state index contributed by atoms with van der Waals surface area (Å²) in [5.74, 6) is 1.77. The predicted octanol–water partition coefficient (Wildman–Crippen LogP) is 6.65. The highest BCUT2D eigenvalue weighted by Crippen LogP contribution is 2.40. The number of halogens is 1. The van der Waals surface area contributed by atoms with Crippen LogP contribution in [0.25, 0.3) is 0 Å². The van der Waals surface area contributed by atoms with Crippen molar-refractivity contribution >= 4 is 44.6 Å². The number of anilines is 4. The topological polar surface area (TPSA) is 123 Å². The monoisotopic (exact) mass is 617 g/mol. The quantitative estimate of drug-likeness (QED) is 0.217. The van der Waals surface area contributed by atoms with Gasteiger partial charge in [0.1, 0.15) is 10.8 Å². The van der Waals surface area contributed by atoms with E-state index in [0.29, 0.717) is 29.6 Å². The molecule has 2 heterocycles. The summed E-state index contributed by atoms with van der Waals surface area (Å²) < 4.78 is 33.5. The SMILES string of the molecule is Cc1cc(Nc2ncc(Cl)c(Nc3cn(C)nc3S(=O)(=O)C(C)C)n2)c(OC(C)C)cc1C1CCC(NC(C)C)CC1. The van der Waals surface area contributed by atoms with Crippen LogP contribution >= 0.6 is 11.6 Å². The number of aromatic nitrogens is 4. The van der Waals surface area contributed by atoms with Gasteiger partial charge in [-0.3, -0.25) is 4.68 Å². The van der Waals surface area contributed by atoms with Gasteiger partial charge in [-0.2, -0.15) is 10.1 Å². The number of rotatable bonds is 11. The Balaban J connectivity index is 1.60. The molecule has 0 saturated heterocycles. The fourth-order valence-corrected chi connectivity index (χ4v) is 6.62. The molecule has 230 valence electrons. The summed E-state index contributed by atoms with van der Waals surface area (Å²) >= 11 is 6.43. The molecule has 3 aromatic rings. The second kappa shape index (κ2) is 13.2. The van der Waals surface area contributed by atoms with Gasteiger partial charge in [-0.15, -0.1) is 0 Å². The van der Waals surface area contributed by atoms with E-state index in [1.54, 1.807) is 27.1 Å². The van der Waals surface area contributed by atoms with Crippen molar-refractivity contribution in [3.05, 3.63) is 40.7 Å². The van der Waals surface area contributed by atoms with Gasteiger partial charge in [0, 0.05) is 25.3 Å². The van der Waals surface area contributed by atoms with E-state index in [9.17, 15) is 8.42 Å². The van der Waals surface area contributed by atoms with Gasteiger partial charge < -0.3 is 20.7 Å². The summed E-state index contributed by atoms with van der Waals surface area (Å²) in [6, 6.07) is 5.32.